The lowest BCUT2D eigenvalue weighted by molar-refractivity contribution is -0.0325. The number of hydrogen-bond acceptors (Lipinski definition) is 3. The third-order valence-electron chi connectivity index (χ3n) is 1.96. The van der Waals surface area contributed by atoms with Crippen LogP contribution >= 0.6 is 0 Å². The van der Waals surface area contributed by atoms with Crippen molar-refractivity contribution in [1.29, 1.82) is 0 Å². The maximum absolute atomic E-state index is 9.71. The average Bonchev–Trinajstić information content (AvgIpc) is 2.05. The third kappa shape index (κ3) is 4.35. The van der Waals surface area contributed by atoms with Gasteiger partial charge in [0, 0.05) is 6.54 Å². The smallest absolute Gasteiger partial charge is 0.0789 e. The molecule has 0 saturated heterocycles. The summed E-state index contributed by atoms with van der Waals surface area (Å²) in [6.07, 6.45) is 1.51. The van der Waals surface area contributed by atoms with E-state index in [1.54, 1.807) is 0 Å². The van der Waals surface area contributed by atoms with Gasteiger partial charge in [-0.2, -0.15) is 5.48 Å². The number of hydroxylamine groups is 1. The highest BCUT2D eigenvalue weighted by Crippen LogP contribution is 2.12. The van der Waals surface area contributed by atoms with E-state index in [2.05, 4.69) is 5.48 Å². The van der Waals surface area contributed by atoms with Crippen molar-refractivity contribution in [3.8, 4) is 0 Å². The van der Waals surface area contributed by atoms with Crippen molar-refractivity contribution in [1.82, 2.24) is 5.48 Å². The summed E-state index contributed by atoms with van der Waals surface area (Å²) in [7, 11) is 0. The molecular weight excluding hydrogens is 142 g/mol. The Morgan fingerprint density at radius 2 is 1.82 bits per heavy atom. The second-order valence-corrected chi connectivity index (χ2v) is 2.69. The molecule has 0 fully saturated rings. The van der Waals surface area contributed by atoms with Gasteiger partial charge < -0.3 is 9.94 Å². The number of hydrogen-bond donors (Lipinski definition) is 2. The van der Waals surface area contributed by atoms with Crippen molar-refractivity contribution < 1.29 is 9.94 Å². The Balaban J connectivity index is 3.51. The van der Waals surface area contributed by atoms with E-state index in [9.17, 15) is 5.11 Å². The van der Waals surface area contributed by atoms with Gasteiger partial charge in [0.05, 0.1) is 12.2 Å². The minimum Gasteiger partial charge on any atom is -0.388 e. The van der Waals surface area contributed by atoms with Crippen LogP contribution in [-0.4, -0.2) is 23.9 Å². The van der Waals surface area contributed by atoms with Crippen LogP contribution in [-0.2, 0) is 4.84 Å². The fourth-order valence-corrected chi connectivity index (χ4v) is 0.787. The summed E-state index contributed by atoms with van der Waals surface area (Å²) in [5, 5.41) is 9.71. The van der Waals surface area contributed by atoms with Gasteiger partial charge in [-0.3, -0.25) is 0 Å². The molecule has 0 rings (SSSR count). The first-order chi connectivity index (χ1) is 5.18. The van der Waals surface area contributed by atoms with Crippen LogP contribution in [0.1, 0.15) is 33.6 Å². The van der Waals surface area contributed by atoms with Crippen LogP contribution in [0.15, 0.2) is 0 Å². The predicted octanol–water partition coefficient (Wildman–Crippen LogP) is 1.08. The molecule has 0 amide bonds. The fourth-order valence-electron chi connectivity index (χ4n) is 0.787. The molecule has 0 aliphatic heterocycles. The molecule has 0 heterocycles. The Bertz CT molecular complexity index is 92.1. The van der Waals surface area contributed by atoms with E-state index in [0.29, 0.717) is 13.2 Å². The molecule has 3 nitrogen and oxygen atoms in total. The molecular formula is C8H19NO2. The SMILES string of the molecule is CCONCC(O)(CC)CC. The van der Waals surface area contributed by atoms with Crippen LogP contribution in [0, 0.1) is 0 Å². The summed E-state index contributed by atoms with van der Waals surface area (Å²) in [5.41, 5.74) is 2.13. The minimum absolute atomic E-state index is 0.508. The fraction of sp³-hybridized carbons (Fsp3) is 1.00. The first kappa shape index (κ1) is 10.9. The van der Waals surface area contributed by atoms with E-state index in [4.69, 9.17) is 4.84 Å². The molecule has 0 aromatic rings. The normalized spacial score (nSPS) is 12.0. The quantitative estimate of drug-likeness (QED) is 0.452. The number of rotatable bonds is 6. The lowest BCUT2D eigenvalue weighted by atomic mass is 9.98. The van der Waals surface area contributed by atoms with E-state index in [0.717, 1.165) is 12.8 Å². The largest absolute Gasteiger partial charge is 0.388 e. The zero-order valence-corrected chi connectivity index (χ0v) is 7.68. The van der Waals surface area contributed by atoms with Crippen LogP contribution in [0.3, 0.4) is 0 Å². The van der Waals surface area contributed by atoms with Crippen molar-refractivity contribution >= 4 is 0 Å². The van der Waals surface area contributed by atoms with Gasteiger partial charge in [-0.05, 0) is 19.8 Å². The van der Waals surface area contributed by atoms with Gasteiger partial charge in [0.15, 0.2) is 0 Å². The Hall–Kier alpha value is -0.120. The van der Waals surface area contributed by atoms with Crippen LogP contribution in [0.2, 0.25) is 0 Å². The monoisotopic (exact) mass is 161 g/mol. The highest BCUT2D eigenvalue weighted by Gasteiger charge is 2.21. The summed E-state index contributed by atoms with van der Waals surface area (Å²) in [6.45, 7) is 6.98. The molecule has 11 heavy (non-hydrogen) atoms. The number of nitrogens with one attached hydrogen (secondary N) is 1. The lowest BCUT2D eigenvalue weighted by Gasteiger charge is -2.24. The van der Waals surface area contributed by atoms with Gasteiger partial charge in [-0.25, -0.2) is 0 Å². The molecule has 0 aliphatic rings. The van der Waals surface area contributed by atoms with Gasteiger partial charge in [0.1, 0.15) is 0 Å². The summed E-state index contributed by atoms with van der Waals surface area (Å²) in [4.78, 5) is 4.92. The van der Waals surface area contributed by atoms with Crippen molar-refractivity contribution in [3.63, 3.8) is 0 Å². The molecule has 68 valence electrons. The van der Waals surface area contributed by atoms with Gasteiger partial charge in [0.2, 0.25) is 0 Å². The second-order valence-electron chi connectivity index (χ2n) is 2.69. The van der Waals surface area contributed by atoms with Crippen molar-refractivity contribution in [2.24, 2.45) is 0 Å². The zero-order valence-electron chi connectivity index (χ0n) is 7.68. The molecule has 0 atom stereocenters. The second kappa shape index (κ2) is 5.52. The van der Waals surface area contributed by atoms with Gasteiger partial charge >= 0.3 is 0 Å². The van der Waals surface area contributed by atoms with Gasteiger partial charge in [0.25, 0.3) is 0 Å². The maximum atomic E-state index is 9.71. The van der Waals surface area contributed by atoms with E-state index < -0.39 is 5.60 Å². The van der Waals surface area contributed by atoms with Gasteiger partial charge in [-0.1, -0.05) is 13.8 Å². The first-order valence-electron chi connectivity index (χ1n) is 4.25. The van der Waals surface area contributed by atoms with E-state index >= 15 is 0 Å². The maximum Gasteiger partial charge on any atom is 0.0789 e. The van der Waals surface area contributed by atoms with Crippen molar-refractivity contribution in [3.05, 3.63) is 0 Å². The third-order valence-corrected chi connectivity index (χ3v) is 1.96. The van der Waals surface area contributed by atoms with Crippen LogP contribution in [0.4, 0.5) is 0 Å². The van der Waals surface area contributed by atoms with E-state index in [-0.39, 0.29) is 0 Å². The number of aliphatic hydroxyl groups is 1. The van der Waals surface area contributed by atoms with Gasteiger partial charge in [-0.15, -0.1) is 0 Å². The standard InChI is InChI=1S/C8H19NO2/c1-4-8(10,5-2)7-9-11-6-3/h9-10H,4-7H2,1-3H3. The molecule has 2 N–H and O–H groups in total. The van der Waals surface area contributed by atoms with E-state index in [1.807, 2.05) is 20.8 Å². The van der Waals surface area contributed by atoms with Crippen LogP contribution in [0.5, 0.6) is 0 Å². The summed E-state index contributed by atoms with van der Waals surface area (Å²) in [5.74, 6) is 0. The minimum atomic E-state index is -0.602. The van der Waals surface area contributed by atoms with Crippen LogP contribution < -0.4 is 5.48 Å². The molecule has 0 saturated carbocycles. The van der Waals surface area contributed by atoms with Crippen LogP contribution in [0.25, 0.3) is 0 Å². The molecule has 0 spiro atoms. The average molecular weight is 161 g/mol. The summed E-state index contributed by atoms with van der Waals surface area (Å²) in [6, 6.07) is 0. The lowest BCUT2D eigenvalue weighted by Crippen LogP contribution is -2.39. The molecule has 3 heteroatoms. The first-order valence-corrected chi connectivity index (χ1v) is 4.25. The summed E-state index contributed by atoms with van der Waals surface area (Å²) < 4.78 is 0. The predicted molar refractivity (Wildman–Crippen MR) is 45.2 cm³/mol. The molecule has 0 aromatic carbocycles. The van der Waals surface area contributed by atoms with E-state index in [1.165, 1.54) is 0 Å². The summed E-state index contributed by atoms with van der Waals surface area (Å²) >= 11 is 0. The zero-order chi connectivity index (χ0) is 8.74. The molecule has 0 radical (unpaired) electrons. The molecule has 0 aromatic heterocycles. The van der Waals surface area contributed by atoms with Crippen molar-refractivity contribution in [2.75, 3.05) is 13.2 Å². The highest BCUT2D eigenvalue weighted by molar-refractivity contribution is 4.75. The Kier molecular flexibility index (Phi) is 5.46. The Morgan fingerprint density at radius 3 is 2.18 bits per heavy atom. The molecule has 0 aliphatic carbocycles. The molecule has 0 bridgehead atoms. The van der Waals surface area contributed by atoms with Crippen molar-refractivity contribution in [2.45, 2.75) is 39.2 Å². The highest BCUT2D eigenvalue weighted by atomic mass is 16.6. The molecule has 0 unspecified atom stereocenters. The Morgan fingerprint density at radius 1 is 1.27 bits per heavy atom. The Labute approximate surface area is 68.7 Å². The topological polar surface area (TPSA) is 41.5 Å².